The van der Waals surface area contributed by atoms with E-state index in [4.69, 9.17) is 15.0 Å². The van der Waals surface area contributed by atoms with Gasteiger partial charge in [0.15, 0.2) is 5.82 Å². The highest BCUT2D eigenvalue weighted by atomic mass is 32.2. The number of thioether (sulfide) groups is 1. The Labute approximate surface area is 176 Å². The van der Waals surface area contributed by atoms with E-state index in [9.17, 15) is 9.90 Å². The number of nitrogen functional groups attached to an aromatic ring is 1. The minimum absolute atomic E-state index is 0.115. The second-order valence-corrected chi connectivity index (χ2v) is 7.56. The van der Waals surface area contributed by atoms with Crippen LogP contribution >= 0.6 is 11.8 Å². The van der Waals surface area contributed by atoms with Crippen LogP contribution in [0, 0.1) is 0 Å². The molecular formula is C21H20N4O4S. The van der Waals surface area contributed by atoms with Gasteiger partial charge in [-0.25, -0.2) is 9.47 Å². The molecule has 0 saturated carbocycles. The van der Waals surface area contributed by atoms with E-state index in [0.29, 0.717) is 28.7 Å². The number of phenols is 1. The molecule has 0 spiro atoms. The monoisotopic (exact) mass is 424 g/mol. The van der Waals surface area contributed by atoms with Crippen LogP contribution in [0.3, 0.4) is 0 Å². The maximum Gasteiger partial charge on any atom is 0.336 e. The molecule has 0 unspecified atom stereocenters. The lowest BCUT2D eigenvalue weighted by Crippen LogP contribution is -2.11. The normalized spacial score (nSPS) is 11.1. The van der Waals surface area contributed by atoms with E-state index < -0.39 is 5.63 Å². The summed E-state index contributed by atoms with van der Waals surface area (Å²) >= 11 is 1.36. The number of benzene rings is 2. The molecule has 0 fully saturated rings. The van der Waals surface area contributed by atoms with Crippen LogP contribution in [0.15, 0.2) is 56.8 Å². The summed E-state index contributed by atoms with van der Waals surface area (Å²) in [6.45, 7) is 1.95. The highest BCUT2D eigenvalue weighted by Gasteiger charge is 2.15. The Morgan fingerprint density at radius 2 is 1.93 bits per heavy atom. The number of rotatable bonds is 6. The Morgan fingerprint density at radius 3 is 2.63 bits per heavy atom. The molecule has 0 atom stereocenters. The average molecular weight is 424 g/mol. The first-order valence-electron chi connectivity index (χ1n) is 9.26. The molecule has 3 N–H and O–H groups in total. The van der Waals surface area contributed by atoms with Crippen molar-refractivity contribution >= 4 is 22.7 Å². The number of aromatic nitrogens is 3. The van der Waals surface area contributed by atoms with Crippen molar-refractivity contribution in [2.75, 3.05) is 13.0 Å². The van der Waals surface area contributed by atoms with Crippen LogP contribution in [0.2, 0.25) is 0 Å². The van der Waals surface area contributed by atoms with Crippen molar-refractivity contribution in [1.82, 2.24) is 14.9 Å². The van der Waals surface area contributed by atoms with Gasteiger partial charge in [0.05, 0.1) is 7.11 Å². The van der Waals surface area contributed by atoms with Gasteiger partial charge in [-0.2, -0.15) is 0 Å². The van der Waals surface area contributed by atoms with Crippen LogP contribution < -0.4 is 16.2 Å². The fourth-order valence-corrected chi connectivity index (χ4v) is 4.01. The SMILES string of the molecule is CCc1cc2c(CSc3nnc(-c4ccc(OC)cc4)n3N)cc(=O)oc2cc1O. The molecule has 2 heterocycles. The maximum absolute atomic E-state index is 12.0. The molecule has 154 valence electrons. The molecule has 2 aromatic heterocycles. The molecule has 0 radical (unpaired) electrons. The Kier molecular flexibility index (Phi) is 5.37. The lowest BCUT2D eigenvalue weighted by atomic mass is 10.1. The molecule has 0 amide bonds. The Hall–Kier alpha value is -3.46. The van der Waals surface area contributed by atoms with Crippen LogP contribution in [0.25, 0.3) is 22.4 Å². The van der Waals surface area contributed by atoms with Gasteiger partial charge in [-0.3, -0.25) is 0 Å². The third kappa shape index (κ3) is 3.71. The van der Waals surface area contributed by atoms with Crippen molar-refractivity contribution < 1.29 is 14.3 Å². The van der Waals surface area contributed by atoms with Gasteiger partial charge in [-0.1, -0.05) is 18.7 Å². The quantitative estimate of drug-likeness (QED) is 0.275. The minimum atomic E-state index is -0.477. The summed E-state index contributed by atoms with van der Waals surface area (Å²) in [4.78, 5) is 12.0. The minimum Gasteiger partial charge on any atom is -0.508 e. The average Bonchev–Trinajstić information content (AvgIpc) is 3.11. The molecule has 2 aromatic carbocycles. The molecule has 30 heavy (non-hydrogen) atoms. The summed E-state index contributed by atoms with van der Waals surface area (Å²) in [5.41, 5.74) is 2.24. The van der Waals surface area contributed by atoms with Crippen molar-refractivity contribution in [2.24, 2.45) is 0 Å². The van der Waals surface area contributed by atoms with Gasteiger partial charge in [-0.15, -0.1) is 10.2 Å². The molecule has 0 saturated heterocycles. The van der Waals surface area contributed by atoms with Gasteiger partial charge in [0.1, 0.15) is 17.1 Å². The second-order valence-electron chi connectivity index (χ2n) is 6.61. The molecule has 0 bridgehead atoms. The van der Waals surface area contributed by atoms with Crippen LogP contribution in [0.5, 0.6) is 11.5 Å². The van der Waals surface area contributed by atoms with Gasteiger partial charge in [0.2, 0.25) is 5.16 Å². The van der Waals surface area contributed by atoms with E-state index in [0.717, 1.165) is 27.8 Å². The number of fused-ring (bicyclic) bond motifs is 1. The Balaban J connectivity index is 1.63. The summed E-state index contributed by atoms with van der Waals surface area (Å²) in [6, 6.07) is 12.1. The van der Waals surface area contributed by atoms with Crippen LogP contribution in [-0.4, -0.2) is 27.1 Å². The van der Waals surface area contributed by atoms with E-state index in [1.54, 1.807) is 7.11 Å². The predicted octanol–water partition coefficient (Wildman–Crippen LogP) is 3.33. The number of aryl methyl sites for hydroxylation is 1. The van der Waals surface area contributed by atoms with Crippen molar-refractivity contribution in [3.05, 3.63) is 64.0 Å². The summed E-state index contributed by atoms with van der Waals surface area (Å²) in [5.74, 6) is 8.02. The zero-order valence-electron chi connectivity index (χ0n) is 16.5. The smallest absolute Gasteiger partial charge is 0.336 e. The zero-order chi connectivity index (χ0) is 21.3. The summed E-state index contributed by atoms with van der Waals surface area (Å²) in [5, 5.41) is 19.7. The summed E-state index contributed by atoms with van der Waals surface area (Å²) in [6.07, 6.45) is 0.663. The largest absolute Gasteiger partial charge is 0.508 e. The molecule has 0 aliphatic carbocycles. The van der Waals surface area contributed by atoms with Crippen molar-refractivity contribution in [3.8, 4) is 22.9 Å². The molecule has 9 heteroatoms. The molecule has 4 rings (SSSR count). The van der Waals surface area contributed by atoms with Gasteiger partial charge < -0.3 is 20.1 Å². The fraction of sp³-hybridized carbons (Fsp3) is 0.190. The van der Waals surface area contributed by atoms with E-state index >= 15 is 0 Å². The van der Waals surface area contributed by atoms with Gasteiger partial charge in [0.25, 0.3) is 0 Å². The molecule has 0 aliphatic rings. The van der Waals surface area contributed by atoms with Crippen molar-refractivity contribution in [1.29, 1.82) is 0 Å². The number of nitrogens with zero attached hydrogens (tertiary/aromatic N) is 3. The number of ether oxygens (including phenoxy) is 1. The van der Waals surface area contributed by atoms with Gasteiger partial charge in [-0.05, 0) is 47.9 Å². The lowest BCUT2D eigenvalue weighted by molar-refractivity contribution is 0.415. The number of hydrogen-bond acceptors (Lipinski definition) is 8. The highest BCUT2D eigenvalue weighted by Crippen LogP contribution is 2.31. The standard InChI is InChI=1S/C21H20N4O4S/c1-3-12-8-16-14(9-19(27)29-18(16)10-17(12)26)11-30-21-24-23-20(25(21)22)13-4-6-15(28-2)7-5-13/h4-10,26H,3,11,22H2,1-2H3. The van der Waals surface area contributed by atoms with Crippen LogP contribution in [0.4, 0.5) is 0 Å². The molecular weight excluding hydrogens is 404 g/mol. The summed E-state index contributed by atoms with van der Waals surface area (Å²) in [7, 11) is 1.61. The first kappa shape index (κ1) is 19.8. The Morgan fingerprint density at radius 1 is 1.17 bits per heavy atom. The van der Waals surface area contributed by atoms with E-state index in [2.05, 4.69) is 10.2 Å². The predicted molar refractivity (Wildman–Crippen MR) is 115 cm³/mol. The third-order valence-electron chi connectivity index (χ3n) is 4.78. The second kappa shape index (κ2) is 8.11. The number of methoxy groups -OCH3 is 1. The van der Waals surface area contributed by atoms with Gasteiger partial charge in [0, 0.05) is 28.8 Å². The first-order chi connectivity index (χ1) is 14.5. The maximum atomic E-state index is 12.0. The van der Waals surface area contributed by atoms with Crippen LogP contribution in [0.1, 0.15) is 18.1 Å². The van der Waals surface area contributed by atoms with E-state index in [1.165, 1.54) is 28.6 Å². The highest BCUT2D eigenvalue weighted by molar-refractivity contribution is 7.98. The molecule has 4 aromatic rings. The zero-order valence-corrected chi connectivity index (χ0v) is 17.3. The van der Waals surface area contributed by atoms with Crippen molar-refractivity contribution in [3.63, 3.8) is 0 Å². The topological polar surface area (TPSA) is 116 Å². The number of aromatic hydroxyl groups is 1. The van der Waals surface area contributed by atoms with Gasteiger partial charge >= 0.3 is 5.63 Å². The summed E-state index contributed by atoms with van der Waals surface area (Å²) < 4.78 is 11.8. The third-order valence-corrected chi connectivity index (χ3v) is 5.77. The Bertz CT molecular complexity index is 1260. The lowest BCUT2D eigenvalue weighted by Gasteiger charge is -2.08. The fourth-order valence-electron chi connectivity index (χ4n) is 3.16. The number of phenolic OH excluding ortho intramolecular Hbond substituents is 1. The van der Waals surface area contributed by atoms with E-state index in [1.807, 2.05) is 37.3 Å². The van der Waals surface area contributed by atoms with Crippen molar-refractivity contribution in [2.45, 2.75) is 24.3 Å². The number of nitrogens with two attached hydrogens (primary N) is 1. The van der Waals surface area contributed by atoms with E-state index in [-0.39, 0.29) is 5.75 Å². The first-order valence-corrected chi connectivity index (χ1v) is 10.2. The van der Waals surface area contributed by atoms with Crippen LogP contribution in [-0.2, 0) is 12.2 Å². The molecule has 8 nitrogen and oxygen atoms in total. The number of hydrogen-bond donors (Lipinski definition) is 2. The molecule has 0 aliphatic heterocycles.